The fraction of sp³-hybridized carbons (Fsp3) is 0.464. The van der Waals surface area contributed by atoms with Gasteiger partial charge < -0.3 is 20.3 Å². The lowest BCUT2D eigenvalue weighted by atomic mass is 9.98. The monoisotopic (exact) mass is 542 g/mol. The molecule has 2 aromatic carbocycles. The molecule has 39 heavy (non-hydrogen) atoms. The highest BCUT2D eigenvalue weighted by Crippen LogP contribution is 2.34. The van der Waals surface area contributed by atoms with Gasteiger partial charge >= 0.3 is 0 Å². The number of benzene rings is 2. The molecule has 4 rings (SSSR count). The van der Waals surface area contributed by atoms with Crippen molar-refractivity contribution in [1.82, 2.24) is 15.1 Å². The first kappa shape index (κ1) is 28.6. The number of anilines is 1. The van der Waals surface area contributed by atoms with Crippen molar-refractivity contribution < 1.29 is 33.7 Å². The predicted octanol–water partition coefficient (Wildman–Crippen LogP) is 1.71. The van der Waals surface area contributed by atoms with Crippen LogP contribution < -0.4 is 10.6 Å². The number of hydrogen-bond acceptors (Lipinski definition) is 8. The van der Waals surface area contributed by atoms with Crippen molar-refractivity contribution >= 4 is 23.9 Å². The van der Waals surface area contributed by atoms with Gasteiger partial charge in [-0.1, -0.05) is 30.3 Å². The number of carbonyl (C=O) groups is 3. The number of piperidine rings is 1. The molecule has 0 aromatic heterocycles. The van der Waals surface area contributed by atoms with Crippen molar-refractivity contribution in [3.8, 4) is 0 Å². The Morgan fingerprint density at radius 3 is 2.49 bits per heavy atom. The van der Waals surface area contributed by atoms with Crippen LogP contribution in [0.15, 0.2) is 36.4 Å². The van der Waals surface area contributed by atoms with Crippen molar-refractivity contribution in [3.05, 3.63) is 64.5 Å². The molecule has 10 nitrogen and oxygen atoms in total. The third-order valence-electron chi connectivity index (χ3n) is 7.14. The molecule has 3 atom stereocenters. The number of nitrogens with zero attached hydrogens (tertiary/aromatic N) is 2. The minimum Gasteiger partial charge on any atom is -0.380 e. The van der Waals surface area contributed by atoms with Crippen LogP contribution in [0.5, 0.6) is 0 Å². The van der Waals surface area contributed by atoms with Crippen molar-refractivity contribution in [2.24, 2.45) is 0 Å². The summed E-state index contributed by atoms with van der Waals surface area (Å²) in [5.74, 6) is -4.54. The molecule has 0 saturated carbocycles. The van der Waals surface area contributed by atoms with E-state index in [-0.39, 0.29) is 55.1 Å². The molecule has 0 spiro atoms. The topological polar surface area (TPSA) is 131 Å². The molecule has 3 amide bonds. The summed E-state index contributed by atoms with van der Waals surface area (Å²) in [7, 11) is 0. The maximum absolute atomic E-state index is 15.5. The number of ether oxygens (including phenoxy) is 1. The minimum absolute atomic E-state index is 0.0294. The zero-order valence-electron chi connectivity index (χ0n) is 22.3. The van der Waals surface area contributed by atoms with E-state index < -0.39 is 23.8 Å². The fourth-order valence-corrected chi connectivity index (χ4v) is 5.44. The van der Waals surface area contributed by atoms with Gasteiger partial charge in [0.25, 0.3) is 5.91 Å². The summed E-state index contributed by atoms with van der Waals surface area (Å²) in [4.78, 5) is 38.7. The van der Waals surface area contributed by atoms with Gasteiger partial charge in [-0.15, -0.1) is 0 Å². The van der Waals surface area contributed by atoms with E-state index in [9.17, 15) is 24.6 Å². The molecule has 2 fully saturated rings. The molecule has 4 N–H and O–H groups in total. The van der Waals surface area contributed by atoms with Crippen LogP contribution in [-0.4, -0.2) is 69.6 Å². The van der Waals surface area contributed by atoms with Gasteiger partial charge in [0.2, 0.25) is 18.2 Å². The summed E-state index contributed by atoms with van der Waals surface area (Å²) in [5, 5.41) is 27.6. The highest BCUT2D eigenvalue weighted by Gasteiger charge is 2.45. The Bertz CT molecular complexity index is 1230. The average molecular weight is 543 g/mol. The Morgan fingerprint density at radius 1 is 1.15 bits per heavy atom. The molecule has 0 bridgehead atoms. The summed E-state index contributed by atoms with van der Waals surface area (Å²) < 4.78 is 21.3. The van der Waals surface area contributed by atoms with Gasteiger partial charge in [-0.25, -0.2) is 4.39 Å². The number of hydrogen-bond donors (Lipinski definition) is 4. The van der Waals surface area contributed by atoms with Crippen molar-refractivity contribution in [1.29, 1.82) is 0 Å². The summed E-state index contributed by atoms with van der Waals surface area (Å²) in [6, 6.07) is 8.80. The number of morpholine rings is 1. The Hall–Kier alpha value is -3.38. The van der Waals surface area contributed by atoms with Crippen molar-refractivity contribution in [3.63, 3.8) is 0 Å². The minimum atomic E-state index is -2.89. The molecule has 2 heterocycles. The summed E-state index contributed by atoms with van der Waals surface area (Å²) >= 11 is 0. The highest BCUT2D eigenvalue weighted by atomic mass is 19.1. The fourth-order valence-electron chi connectivity index (χ4n) is 5.44. The zero-order chi connectivity index (χ0) is 28.3. The lowest BCUT2D eigenvalue weighted by Gasteiger charge is -2.40. The predicted molar refractivity (Wildman–Crippen MR) is 140 cm³/mol. The van der Waals surface area contributed by atoms with Crippen molar-refractivity contribution in [2.45, 2.75) is 70.9 Å². The lowest BCUT2D eigenvalue weighted by Crippen LogP contribution is -2.59. The van der Waals surface area contributed by atoms with Crippen LogP contribution in [0.4, 0.5) is 10.1 Å². The van der Waals surface area contributed by atoms with E-state index in [1.54, 1.807) is 43.3 Å². The maximum atomic E-state index is 15.5. The number of imide groups is 1. The zero-order valence-corrected chi connectivity index (χ0v) is 22.3. The number of aliphatic hydroxyl groups is 2. The van der Waals surface area contributed by atoms with E-state index in [1.165, 1.54) is 0 Å². The first-order valence-electron chi connectivity index (χ1n) is 13.0. The molecule has 11 heteroatoms. The van der Waals surface area contributed by atoms with Gasteiger partial charge in [0.05, 0.1) is 17.8 Å². The van der Waals surface area contributed by atoms with E-state index in [1.807, 2.05) is 13.8 Å². The van der Waals surface area contributed by atoms with Crippen LogP contribution >= 0.6 is 0 Å². The molecule has 2 aliphatic rings. The van der Waals surface area contributed by atoms with Gasteiger partial charge in [-0.2, -0.15) is 0 Å². The van der Waals surface area contributed by atoms with Crippen LogP contribution in [0, 0.1) is 12.7 Å². The second kappa shape index (κ2) is 11.8. The number of aryl methyl sites for hydroxylation is 1. The Labute approximate surface area is 226 Å². The second-order valence-corrected chi connectivity index (χ2v) is 10.3. The van der Waals surface area contributed by atoms with E-state index >= 15 is 4.39 Å². The molecule has 2 aromatic rings. The Balaban J connectivity index is 1.56. The van der Waals surface area contributed by atoms with Gasteiger partial charge in [0.15, 0.2) is 0 Å². The Morgan fingerprint density at radius 2 is 1.82 bits per heavy atom. The molecule has 0 radical (unpaired) electrons. The standard InChI is InChI=1S/C28H35FN4O6/c1-17-6-4-9-22(25(17)28(37,38)33(16-34)23-10-11-24(35)31-27(23)36)30-12-20-7-5-8-21(26(20)29)15-32-13-18(2)39-19(3)14-32/h4-9,16,18-19,23,30,37-38H,10-15H2,1-3H3,(H,31,35,36). The first-order valence-corrected chi connectivity index (χ1v) is 13.0. The molecule has 0 aliphatic carbocycles. The van der Waals surface area contributed by atoms with Gasteiger partial charge in [0.1, 0.15) is 11.9 Å². The molecule has 3 unspecified atom stereocenters. The summed E-state index contributed by atoms with van der Waals surface area (Å²) in [6.45, 7) is 7.48. The lowest BCUT2D eigenvalue weighted by molar-refractivity contribution is -0.271. The first-order chi connectivity index (χ1) is 18.5. The molecule has 2 saturated heterocycles. The largest absolute Gasteiger partial charge is 0.380 e. The summed E-state index contributed by atoms with van der Waals surface area (Å²) in [5.41, 5.74) is 1.54. The van der Waals surface area contributed by atoms with Crippen LogP contribution in [0.3, 0.4) is 0 Å². The SMILES string of the molecule is Cc1cccc(NCc2cccc(CN3CC(C)OC(C)C3)c2F)c1C(O)(O)N(C=O)C1CCC(=O)NC1=O. The molecular weight excluding hydrogens is 507 g/mol. The second-order valence-electron chi connectivity index (χ2n) is 10.3. The number of amides is 3. The van der Waals surface area contributed by atoms with Crippen LogP contribution in [0.1, 0.15) is 48.9 Å². The number of nitrogens with one attached hydrogen (secondary N) is 2. The van der Waals surface area contributed by atoms with Crippen LogP contribution in [-0.2, 0) is 38.1 Å². The third kappa shape index (κ3) is 6.27. The molecular formula is C28H35FN4O6. The van der Waals surface area contributed by atoms with Gasteiger partial charge in [-0.05, 0) is 38.8 Å². The summed E-state index contributed by atoms with van der Waals surface area (Å²) in [6.07, 6.45) is 0.189. The number of rotatable bonds is 9. The molecule has 2 aliphatic heterocycles. The van der Waals surface area contributed by atoms with E-state index in [4.69, 9.17) is 4.74 Å². The average Bonchev–Trinajstić information content (AvgIpc) is 2.85. The van der Waals surface area contributed by atoms with Crippen LogP contribution in [0.25, 0.3) is 0 Å². The van der Waals surface area contributed by atoms with Gasteiger partial charge in [0, 0.05) is 49.4 Å². The third-order valence-corrected chi connectivity index (χ3v) is 7.14. The number of carbonyl (C=O) groups excluding carboxylic acids is 3. The van der Waals surface area contributed by atoms with E-state index in [2.05, 4.69) is 15.5 Å². The quantitative estimate of drug-likeness (QED) is 0.214. The highest BCUT2D eigenvalue weighted by molar-refractivity contribution is 6.01. The van der Waals surface area contributed by atoms with E-state index in [0.29, 0.717) is 41.2 Å². The van der Waals surface area contributed by atoms with Crippen LogP contribution in [0.2, 0.25) is 0 Å². The Kier molecular flexibility index (Phi) is 8.65. The van der Waals surface area contributed by atoms with Crippen molar-refractivity contribution in [2.75, 3.05) is 18.4 Å². The number of halogens is 1. The molecule has 210 valence electrons. The maximum Gasteiger partial charge on any atom is 0.280 e. The van der Waals surface area contributed by atoms with E-state index in [0.717, 1.165) is 0 Å². The van der Waals surface area contributed by atoms with Gasteiger partial charge in [-0.3, -0.25) is 29.5 Å². The smallest absolute Gasteiger partial charge is 0.280 e. The normalized spacial score (nSPS) is 22.4.